The molecule has 2 rings (SSSR count). The van der Waals surface area contributed by atoms with E-state index in [0.717, 1.165) is 18.6 Å². The predicted molar refractivity (Wildman–Crippen MR) is 71.0 cm³/mol. The Kier molecular flexibility index (Phi) is 3.93. The summed E-state index contributed by atoms with van der Waals surface area (Å²) in [6.07, 6.45) is 4.81. The Labute approximate surface area is 113 Å². The van der Waals surface area contributed by atoms with E-state index in [9.17, 15) is 4.79 Å². The highest BCUT2D eigenvalue weighted by Crippen LogP contribution is 2.25. The van der Waals surface area contributed by atoms with Crippen LogP contribution in [0.15, 0.2) is 24.5 Å². The number of carbonyl (C=O) groups excluding carboxylic acids is 1. The Morgan fingerprint density at radius 2 is 1.95 bits per heavy atom. The number of rotatable bonds is 3. The zero-order valence-electron chi connectivity index (χ0n) is 11.6. The first kappa shape index (κ1) is 13.6. The number of pyridine rings is 1. The molecule has 1 amide bonds. The van der Waals surface area contributed by atoms with Gasteiger partial charge in [-0.2, -0.15) is 0 Å². The minimum atomic E-state index is -0.458. The van der Waals surface area contributed by atoms with Gasteiger partial charge in [-0.05, 0) is 32.9 Å². The van der Waals surface area contributed by atoms with Crippen LogP contribution in [0, 0.1) is 0 Å². The molecule has 0 atom stereocenters. The molecule has 1 N–H and O–H groups in total. The van der Waals surface area contributed by atoms with Crippen LogP contribution in [0.4, 0.5) is 4.79 Å². The fourth-order valence-electron chi connectivity index (χ4n) is 1.86. The van der Waals surface area contributed by atoms with Crippen LogP contribution < -0.4 is 10.1 Å². The van der Waals surface area contributed by atoms with Crippen molar-refractivity contribution in [3.63, 3.8) is 0 Å². The molecule has 1 aromatic rings. The molecule has 1 aliphatic carbocycles. The minimum Gasteiger partial charge on any atom is -0.490 e. The summed E-state index contributed by atoms with van der Waals surface area (Å²) in [6, 6.07) is 3.80. The summed E-state index contributed by atoms with van der Waals surface area (Å²) < 4.78 is 10.9. The molecule has 0 aliphatic heterocycles. The molecule has 0 saturated heterocycles. The van der Waals surface area contributed by atoms with Crippen LogP contribution in [-0.2, 0) is 4.74 Å². The van der Waals surface area contributed by atoms with Gasteiger partial charge in [0.2, 0.25) is 0 Å². The van der Waals surface area contributed by atoms with E-state index >= 15 is 0 Å². The van der Waals surface area contributed by atoms with E-state index in [-0.39, 0.29) is 18.2 Å². The topological polar surface area (TPSA) is 60.5 Å². The Morgan fingerprint density at radius 1 is 1.32 bits per heavy atom. The normalized spacial score (nSPS) is 22.3. The van der Waals surface area contributed by atoms with Crippen molar-refractivity contribution in [2.75, 3.05) is 0 Å². The highest BCUT2D eigenvalue weighted by molar-refractivity contribution is 5.68. The van der Waals surface area contributed by atoms with Crippen molar-refractivity contribution in [3.05, 3.63) is 24.5 Å². The van der Waals surface area contributed by atoms with Gasteiger partial charge >= 0.3 is 6.09 Å². The molecule has 0 radical (unpaired) electrons. The molecule has 0 aromatic carbocycles. The number of amides is 1. The van der Waals surface area contributed by atoms with Gasteiger partial charge in [0.15, 0.2) is 0 Å². The average molecular weight is 264 g/mol. The summed E-state index contributed by atoms with van der Waals surface area (Å²) in [5.74, 6) is 0.815. The first-order valence-electron chi connectivity index (χ1n) is 6.48. The molecule has 19 heavy (non-hydrogen) atoms. The number of nitrogens with one attached hydrogen (secondary N) is 1. The maximum atomic E-state index is 11.5. The molecule has 1 aliphatic rings. The fraction of sp³-hybridized carbons (Fsp3) is 0.571. The molecule has 5 nitrogen and oxygen atoms in total. The summed E-state index contributed by atoms with van der Waals surface area (Å²) in [5, 5.41) is 2.84. The summed E-state index contributed by atoms with van der Waals surface area (Å²) in [7, 11) is 0. The highest BCUT2D eigenvalue weighted by atomic mass is 16.6. The number of ether oxygens (including phenoxy) is 2. The van der Waals surface area contributed by atoms with Crippen LogP contribution in [0.2, 0.25) is 0 Å². The second-order valence-corrected chi connectivity index (χ2v) is 5.74. The van der Waals surface area contributed by atoms with Crippen LogP contribution >= 0.6 is 0 Å². The first-order chi connectivity index (χ1) is 8.92. The molecular weight excluding hydrogens is 244 g/mol. The second-order valence-electron chi connectivity index (χ2n) is 5.74. The minimum absolute atomic E-state index is 0.140. The van der Waals surface area contributed by atoms with Crippen molar-refractivity contribution in [2.45, 2.75) is 51.4 Å². The van der Waals surface area contributed by atoms with E-state index in [1.54, 1.807) is 12.4 Å². The molecule has 1 aromatic heterocycles. The lowest BCUT2D eigenvalue weighted by Crippen LogP contribution is -2.50. The molecular formula is C14H20N2O3. The van der Waals surface area contributed by atoms with Crippen LogP contribution in [0.25, 0.3) is 0 Å². The number of aromatic nitrogens is 1. The Balaban J connectivity index is 1.68. The van der Waals surface area contributed by atoms with E-state index in [0.29, 0.717) is 0 Å². The lowest BCUT2D eigenvalue weighted by molar-refractivity contribution is 0.0363. The lowest BCUT2D eigenvalue weighted by Gasteiger charge is -2.36. The Morgan fingerprint density at radius 3 is 2.53 bits per heavy atom. The molecule has 0 unspecified atom stereocenters. The van der Waals surface area contributed by atoms with Crippen molar-refractivity contribution < 1.29 is 14.3 Å². The van der Waals surface area contributed by atoms with Gasteiger partial charge in [0.1, 0.15) is 17.5 Å². The molecule has 1 fully saturated rings. The standard InChI is InChI=1S/C14H20N2O3/c1-14(2,3)19-13(17)16-10-8-12(9-10)18-11-4-6-15-7-5-11/h4-7,10,12H,8-9H2,1-3H3,(H,16,17)/t10-,12+. The van der Waals surface area contributed by atoms with Crippen molar-refractivity contribution in [3.8, 4) is 5.75 Å². The van der Waals surface area contributed by atoms with E-state index in [2.05, 4.69) is 10.3 Å². The largest absolute Gasteiger partial charge is 0.490 e. The molecule has 0 bridgehead atoms. The Hall–Kier alpha value is -1.78. The molecule has 0 spiro atoms. The quantitative estimate of drug-likeness (QED) is 0.911. The van der Waals surface area contributed by atoms with Gasteiger partial charge < -0.3 is 14.8 Å². The van der Waals surface area contributed by atoms with E-state index in [4.69, 9.17) is 9.47 Å². The number of carbonyl (C=O) groups is 1. The SMILES string of the molecule is CC(C)(C)OC(=O)N[C@H]1C[C@@H](Oc2ccncc2)C1. The van der Waals surface area contributed by atoms with Gasteiger partial charge in [0.25, 0.3) is 0 Å². The number of alkyl carbamates (subject to hydrolysis) is 1. The van der Waals surface area contributed by atoms with Crippen LogP contribution in [-0.4, -0.2) is 28.8 Å². The fourth-order valence-corrected chi connectivity index (χ4v) is 1.86. The van der Waals surface area contributed by atoms with Crippen molar-refractivity contribution >= 4 is 6.09 Å². The third kappa shape index (κ3) is 4.43. The molecule has 104 valence electrons. The lowest BCUT2D eigenvalue weighted by atomic mass is 9.89. The average Bonchev–Trinajstić information content (AvgIpc) is 2.25. The maximum absolute atomic E-state index is 11.5. The third-order valence-corrected chi connectivity index (χ3v) is 2.77. The van der Waals surface area contributed by atoms with Crippen molar-refractivity contribution in [1.29, 1.82) is 0 Å². The van der Waals surface area contributed by atoms with Gasteiger partial charge in [-0.3, -0.25) is 4.98 Å². The number of hydrogen-bond acceptors (Lipinski definition) is 4. The number of hydrogen-bond donors (Lipinski definition) is 1. The van der Waals surface area contributed by atoms with Crippen LogP contribution in [0.5, 0.6) is 5.75 Å². The number of nitrogens with zero attached hydrogens (tertiary/aromatic N) is 1. The van der Waals surface area contributed by atoms with Gasteiger partial charge in [0.05, 0.1) is 0 Å². The smallest absolute Gasteiger partial charge is 0.407 e. The summed E-state index contributed by atoms with van der Waals surface area (Å²) in [4.78, 5) is 15.5. The summed E-state index contributed by atoms with van der Waals surface area (Å²) >= 11 is 0. The van der Waals surface area contributed by atoms with Gasteiger partial charge in [-0.25, -0.2) is 4.79 Å². The Bertz CT molecular complexity index is 422. The third-order valence-electron chi connectivity index (χ3n) is 2.77. The predicted octanol–water partition coefficient (Wildman–Crippen LogP) is 2.52. The summed E-state index contributed by atoms with van der Waals surface area (Å²) in [6.45, 7) is 5.55. The van der Waals surface area contributed by atoms with Crippen molar-refractivity contribution in [1.82, 2.24) is 10.3 Å². The molecule has 1 saturated carbocycles. The van der Waals surface area contributed by atoms with E-state index in [1.165, 1.54) is 0 Å². The molecule has 1 heterocycles. The van der Waals surface area contributed by atoms with Crippen molar-refractivity contribution in [2.24, 2.45) is 0 Å². The maximum Gasteiger partial charge on any atom is 0.407 e. The zero-order valence-corrected chi connectivity index (χ0v) is 11.6. The highest BCUT2D eigenvalue weighted by Gasteiger charge is 2.33. The first-order valence-corrected chi connectivity index (χ1v) is 6.48. The van der Waals surface area contributed by atoms with Gasteiger partial charge in [0, 0.05) is 31.3 Å². The van der Waals surface area contributed by atoms with E-state index in [1.807, 2.05) is 32.9 Å². The zero-order chi connectivity index (χ0) is 13.9. The van der Waals surface area contributed by atoms with E-state index < -0.39 is 5.60 Å². The van der Waals surface area contributed by atoms with Crippen LogP contribution in [0.3, 0.4) is 0 Å². The van der Waals surface area contributed by atoms with Gasteiger partial charge in [-0.1, -0.05) is 0 Å². The summed E-state index contributed by atoms with van der Waals surface area (Å²) in [5.41, 5.74) is -0.458. The monoisotopic (exact) mass is 264 g/mol. The molecule has 5 heteroatoms. The van der Waals surface area contributed by atoms with Gasteiger partial charge in [-0.15, -0.1) is 0 Å². The van der Waals surface area contributed by atoms with Crippen LogP contribution in [0.1, 0.15) is 33.6 Å². The second kappa shape index (κ2) is 5.47.